The maximum absolute atomic E-state index is 14.4. The number of hydrogen-bond acceptors (Lipinski definition) is 5. The largest absolute Gasteiger partial charge is 0.394 e. The Labute approximate surface area is 233 Å². The molecule has 3 saturated heterocycles. The van der Waals surface area contributed by atoms with Gasteiger partial charge in [-0.05, 0) is 43.0 Å². The third kappa shape index (κ3) is 4.19. The van der Waals surface area contributed by atoms with E-state index < -0.39 is 35.1 Å². The number of rotatable bonds is 8. The first kappa shape index (κ1) is 26.2. The molecular formula is C32H33N3O5. The van der Waals surface area contributed by atoms with Crippen LogP contribution in [0.4, 0.5) is 5.69 Å². The molecule has 3 amide bonds. The van der Waals surface area contributed by atoms with Crippen molar-refractivity contribution < 1.29 is 24.2 Å². The average Bonchev–Trinajstić information content (AvgIpc) is 3.55. The zero-order valence-corrected chi connectivity index (χ0v) is 22.3. The summed E-state index contributed by atoms with van der Waals surface area (Å²) in [5, 5.41) is 16.5. The molecular weight excluding hydrogens is 506 g/mol. The summed E-state index contributed by atoms with van der Waals surface area (Å²) < 4.78 is 6.69. The van der Waals surface area contributed by atoms with Crippen LogP contribution in [0.1, 0.15) is 36.9 Å². The van der Waals surface area contributed by atoms with Gasteiger partial charge in [0.05, 0.1) is 30.1 Å². The standard InChI is InChI=1S/C32H33N3O5/c1-31-17-18-32(40-31)26(25(31)28(37)34-23-15-9-4-10-16-23)30(39)35(24(20-36)22-13-7-3-8-14-22)27(32)29(38)33-19-21-11-5-2-6-12-21/h2-16,24-27,36H,17-20H2,1H3,(H,33,38)(H,34,37)/t24-,25+,26+,27?,31-,32?/m1/s1. The number of fused-ring (bicyclic) bond motifs is 1. The molecule has 206 valence electrons. The Kier molecular flexibility index (Phi) is 6.68. The van der Waals surface area contributed by atoms with E-state index in [1.165, 1.54) is 4.90 Å². The van der Waals surface area contributed by atoms with Crippen LogP contribution in [0.25, 0.3) is 0 Å². The molecule has 3 aliphatic rings. The third-order valence-corrected chi connectivity index (χ3v) is 8.79. The van der Waals surface area contributed by atoms with Crippen LogP contribution in [0.2, 0.25) is 0 Å². The van der Waals surface area contributed by atoms with Gasteiger partial charge in [0.2, 0.25) is 17.7 Å². The van der Waals surface area contributed by atoms with Crippen LogP contribution in [0.3, 0.4) is 0 Å². The Hall–Kier alpha value is -4.01. The molecule has 6 atom stereocenters. The molecule has 0 saturated carbocycles. The highest BCUT2D eigenvalue weighted by Gasteiger charge is 2.78. The van der Waals surface area contributed by atoms with Gasteiger partial charge in [0, 0.05) is 12.2 Å². The number of hydrogen-bond donors (Lipinski definition) is 3. The summed E-state index contributed by atoms with van der Waals surface area (Å²) in [5.41, 5.74) is 0.177. The number of aliphatic hydroxyl groups excluding tert-OH is 1. The summed E-state index contributed by atoms with van der Waals surface area (Å²) >= 11 is 0. The Balaban J connectivity index is 1.39. The number of benzene rings is 3. The number of carbonyl (C=O) groups is 3. The lowest BCUT2D eigenvalue weighted by Crippen LogP contribution is -2.56. The van der Waals surface area contributed by atoms with Gasteiger partial charge < -0.3 is 25.4 Å². The molecule has 1 spiro atoms. The number of aliphatic hydroxyl groups is 1. The van der Waals surface area contributed by atoms with Gasteiger partial charge in [-0.1, -0.05) is 78.9 Å². The van der Waals surface area contributed by atoms with Crippen molar-refractivity contribution in [1.82, 2.24) is 10.2 Å². The van der Waals surface area contributed by atoms with E-state index in [-0.39, 0.29) is 30.9 Å². The first-order chi connectivity index (χ1) is 19.4. The summed E-state index contributed by atoms with van der Waals surface area (Å²) in [7, 11) is 0. The lowest BCUT2D eigenvalue weighted by molar-refractivity contribution is -0.149. The van der Waals surface area contributed by atoms with E-state index in [0.29, 0.717) is 24.1 Å². The van der Waals surface area contributed by atoms with E-state index in [1.807, 2.05) is 85.8 Å². The monoisotopic (exact) mass is 539 g/mol. The molecule has 40 heavy (non-hydrogen) atoms. The van der Waals surface area contributed by atoms with Crippen LogP contribution in [0.15, 0.2) is 91.0 Å². The van der Waals surface area contributed by atoms with E-state index >= 15 is 0 Å². The topological polar surface area (TPSA) is 108 Å². The van der Waals surface area contributed by atoms with Gasteiger partial charge in [-0.3, -0.25) is 14.4 Å². The number of amides is 3. The van der Waals surface area contributed by atoms with Gasteiger partial charge in [-0.2, -0.15) is 0 Å². The van der Waals surface area contributed by atoms with E-state index in [2.05, 4.69) is 10.6 Å². The number of likely N-dealkylation sites (tertiary alicyclic amines) is 1. The minimum absolute atomic E-state index is 0.281. The highest BCUT2D eigenvalue weighted by Crippen LogP contribution is 2.64. The van der Waals surface area contributed by atoms with Crippen molar-refractivity contribution in [3.05, 3.63) is 102 Å². The first-order valence-electron chi connectivity index (χ1n) is 13.7. The van der Waals surface area contributed by atoms with Crippen molar-refractivity contribution in [3.63, 3.8) is 0 Å². The fraction of sp³-hybridized carbons (Fsp3) is 0.344. The quantitative estimate of drug-likeness (QED) is 0.407. The van der Waals surface area contributed by atoms with Crippen molar-refractivity contribution in [1.29, 1.82) is 0 Å². The molecule has 2 unspecified atom stereocenters. The third-order valence-electron chi connectivity index (χ3n) is 8.79. The number of nitrogens with one attached hydrogen (secondary N) is 2. The molecule has 3 N–H and O–H groups in total. The molecule has 8 nitrogen and oxygen atoms in total. The number of ether oxygens (including phenoxy) is 1. The molecule has 0 aromatic heterocycles. The van der Waals surface area contributed by atoms with E-state index in [1.54, 1.807) is 12.1 Å². The lowest BCUT2D eigenvalue weighted by Gasteiger charge is -2.37. The molecule has 0 radical (unpaired) electrons. The smallest absolute Gasteiger partial charge is 0.246 e. The molecule has 2 bridgehead atoms. The van der Waals surface area contributed by atoms with Gasteiger partial charge in [-0.15, -0.1) is 0 Å². The number of para-hydroxylation sites is 1. The van der Waals surface area contributed by atoms with Crippen LogP contribution in [0, 0.1) is 11.8 Å². The van der Waals surface area contributed by atoms with Crippen molar-refractivity contribution >= 4 is 23.4 Å². The summed E-state index contributed by atoms with van der Waals surface area (Å²) in [6, 6.07) is 26.1. The summed E-state index contributed by atoms with van der Waals surface area (Å²) in [6.45, 7) is 1.77. The van der Waals surface area contributed by atoms with Crippen molar-refractivity contribution in [2.24, 2.45) is 11.8 Å². The minimum atomic E-state index is -1.19. The Morgan fingerprint density at radius 2 is 1.57 bits per heavy atom. The van der Waals surface area contributed by atoms with Crippen LogP contribution >= 0.6 is 0 Å². The Bertz CT molecular complexity index is 1400. The highest BCUT2D eigenvalue weighted by molar-refractivity contribution is 6.02. The molecule has 3 aromatic rings. The predicted molar refractivity (Wildman–Crippen MR) is 149 cm³/mol. The predicted octanol–water partition coefficient (Wildman–Crippen LogP) is 3.44. The lowest BCUT2D eigenvalue weighted by atomic mass is 9.66. The fourth-order valence-electron chi connectivity index (χ4n) is 7.05. The van der Waals surface area contributed by atoms with Gasteiger partial charge in [0.1, 0.15) is 11.6 Å². The molecule has 3 aromatic carbocycles. The number of nitrogens with zero attached hydrogens (tertiary/aromatic N) is 1. The number of carbonyl (C=O) groups excluding carboxylic acids is 3. The van der Waals surface area contributed by atoms with Gasteiger partial charge in [0.25, 0.3) is 0 Å². The molecule has 6 rings (SSSR count). The Morgan fingerprint density at radius 1 is 0.950 bits per heavy atom. The van der Waals surface area contributed by atoms with Crippen LogP contribution < -0.4 is 10.6 Å². The van der Waals surface area contributed by atoms with E-state index in [4.69, 9.17) is 4.74 Å². The van der Waals surface area contributed by atoms with Gasteiger partial charge in [-0.25, -0.2) is 0 Å². The molecule has 3 heterocycles. The van der Waals surface area contributed by atoms with Gasteiger partial charge >= 0.3 is 0 Å². The zero-order valence-electron chi connectivity index (χ0n) is 22.3. The SMILES string of the molecule is C[C@]12CCC3(O1)C(C(=O)NCc1ccccc1)N([C@H](CO)c1ccccc1)C(=O)[C@@H]3[C@H]2C(=O)Nc1ccccc1. The number of anilines is 1. The van der Waals surface area contributed by atoms with Gasteiger partial charge in [0.15, 0.2) is 0 Å². The second kappa shape index (κ2) is 10.2. The molecule has 8 heteroatoms. The summed E-state index contributed by atoms with van der Waals surface area (Å²) in [4.78, 5) is 43.7. The van der Waals surface area contributed by atoms with Crippen LogP contribution in [-0.2, 0) is 25.7 Å². The highest BCUT2D eigenvalue weighted by atomic mass is 16.5. The average molecular weight is 540 g/mol. The van der Waals surface area contributed by atoms with Crippen molar-refractivity contribution in [2.45, 2.75) is 49.6 Å². The summed E-state index contributed by atoms with van der Waals surface area (Å²) in [6.07, 6.45) is 0.997. The van der Waals surface area contributed by atoms with Crippen LogP contribution in [-0.4, -0.2) is 51.6 Å². The maximum atomic E-state index is 14.4. The first-order valence-corrected chi connectivity index (χ1v) is 13.7. The fourth-order valence-corrected chi connectivity index (χ4v) is 7.05. The molecule has 0 aliphatic carbocycles. The zero-order chi connectivity index (χ0) is 27.9. The normalized spacial score (nSPS) is 29.2. The Morgan fingerprint density at radius 3 is 2.23 bits per heavy atom. The second-order valence-electron chi connectivity index (χ2n) is 11.1. The maximum Gasteiger partial charge on any atom is 0.246 e. The molecule has 3 aliphatic heterocycles. The summed E-state index contributed by atoms with van der Waals surface area (Å²) in [5.74, 6) is -2.67. The van der Waals surface area contributed by atoms with Crippen molar-refractivity contribution in [2.75, 3.05) is 11.9 Å². The van der Waals surface area contributed by atoms with Crippen LogP contribution in [0.5, 0.6) is 0 Å². The minimum Gasteiger partial charge on any atom is -0.394 e. The van der Waals surface area contributed by atoms with Crippen molar-refractivity contribution in [3.8, 4) is 0 Å². The second-order valence-corrected chi connectivity index (χ2v) is 11.1. The van der Waals surface area contributed by atoms with E-state index in [9.17, 15) is 19.5 Å². The van der Waals surface area contributed by atoms with E-state index in [0.717, 1.165) is 5.56 Å². The molecule has 3 fully saturated rings.